The number of benzene rings is 1. The molecule has 22 heavy (non-hydrogen) atoms. The summed E-state index contributed by atoms with van der Waals surface area (Å²) >= 11 is 0. The molecule has 0 radical (unpaired) electrons. The van der Waals surface area contributed by atoms with Crippen molar-refractivity contribution in [2.24, 2.45) is 5.41 Å². The summed E-state index contributed by atoms with van der Waals surface area (Å²) in [7, 11) is 0. The summed E-state index contributed by atoms with van der Waals surface area (Å²) in [6, 6.07) is 9.39. The van der Waals surface area contributed by atoms with Crippen molar-refractivity contribution in [2.45, 2.75) is 45.1 Å². The van der Waals surface area contributed by atoms with Crippen LogP contribution >= 0.6 is 0 Å². The summed E-state index contributed by atoms with van der Waals surface area (Å²) in [6.45, 7) is 0.322. The Hall–Kier alpha value is -2.04. The van der Waals surface area contributed by atoms with Gasteiger partial charge in [0, 0.05) is 6.54 Å². The van der Waals surface area contributed by atoms with E-state index < -0.39 is 17.5 Å². The standard InChI is InChI=1S/C17H23NO4/c19-15(20)17(10-6-1-2-7-11-17)13-18-16(21)22-12-14-8-4-3-5-9-14/h3-5,8-9H,1-2,6-7,10-13H2,(H,18,21)(H,19,20). The maximum Gasteiger partial charge on any atom is 0.407 e. The van der Waals surface area contributed by atoms with Crippen LogP contribution in [0.15, 0.2) is 30.3 Å². The molecule has 1 aliphatic rings. The van der Waals surface area contributed by atoms with Crippen LogP contribution in [0.4, 0.5) is 4.79 Å². The van der Waals surface area contributed by atoms with Gasteiger partial charge in [0.25, 0.3) is 0 Å². The second-order valence-corrected chi connectivity index (χ2v) is 5.91. The molecule has 2 rings (SSSR count). The van der Waals surface area contributed by atoms with Gasteiger partial charge in [-0.15, -0.1) is 0 Å². The smallest absolute Gasteiger partial charge is 0.407 e. The Bertz CT molecular complexity index is 493. The molecule has 2 N–H and O–H groups in total. The summed E-state index contributed by atoms with van der Waals surface area (Å²) in [5, 5.41) is 12.2. The van der Waals surface area contributed by atoms with E-state index in [1.54, 1.807) is 0 Å². The lowest BCUT2D eigenvalue weighted by Crippen LogP contribution is -2.43. The topological polar surface area (TPSA) is 75.6 Å². The van der Waals surface area contributed by atoms with Crippen LogP contribution in [0.2, 0.25) is 0 Å². The summed E-state index contributed by atoms with van der Waals surface area (Å²) in [4.78, 5) is 23.4. The lowest BCUT2D eigenvalue weighted by Gasteiger charge is -2.27. The highest BCUT2D eigenvalue weighted by molar-refractivity contribution is 5.76. The van der Waals surface area contributed by atoms with E-state index in [0.717, 1.165) is 31.2 Å². The fourth-order valence-electron chi connectivity index (χ4n) is 2.89. The van der Waals surface area contributed by atoms with E-state index in [2.05, 4.69) is 5.32 Å². The van der Waals surface area contributed by atoms with Gasteiger partial charge in [-0.05, 0) is 18.4 Å². The number of amides is 1. The monoisotopic (exact) mass is 305 g/mol. The van der Waals surface area contributed by atoms with Crippen LogP contribution in [0.5, 0.6) is 0 Å². The van der Waals surface area contributed by atoms with Crippen LogP contribution in [0.1, 0.15) is 44.1 Å². The highest BCUT2D eigenvalue weighted by Gasteiger charge is 2.39. The fraction of sp³-hybridized carbons (Fsp3) is 0.529. The van der Waals surface area contributed by atoms with E-state index in [0.29, 0.717) is 12.8 Å². The SMILES string of the molecule is O=C(NCC1(C(=O)O)CCCCCC1)OCc1ccccc1. The third kappa shape index (κ3) is 4.48. The molecule has 1 amide bonds. The van der Waals surface area contributed by atoms with E-state index >= 15 is 0 Å². The number of hydrogen-bond donors (Lipinski definition) is 2. The van der Waals surface area contributed by atoms with Gasteiger partial charge in [0.2, 0.25) is 0 Å². The quantitative estimate of drug-likeness (QED) is 0.818. The Labute approximate surface area is 130 Å². The average molecular weight is 305 g/mol. The van der Waals surface area contributed by atoms with Crippen LogP contribution in [0.25, 0.3) is 0 Å². The Balaban J connectivity index is 1.84. The predicted molar refractivity (Wildman–Crippen MR) is 82.4 cm³/mol. The van der Waals surface area contributed by atoms with Gasteiger partial charge in [0.1, 0.15) is 6.61 Å². The third-order valence-electron chi connectivity index (χ3n) is 4.30. The summed E-state index contributed by atoms with van der Waals surface area (Å²) in [5.41, 5.74) is 0.0579. The van der Waals surface area contributed by atoms with Gasteiger partial charge in [-0.25, -0.2) is 4.79 Å². The number of aliphatic carboxylic acids is 1. The lowest BCUT2D eigenvalue weighted by molar-refractivity contribution is -0.149. The first-order chi connectivity index (χ1) is 10.6. The number of hydrogen-bond acceptors (Lipinski definition) is 3. The minimum absolute atomic E-state index is 0.135. The Kier molecular flexibility index (Phi) is 5.81. The molecule has 1 aromatic rings. The van der Waals surface area contributed by atoms with Gasteiger partial charge in [0.15, 0.2) is 0 Å². The van der Waals surface area contributed by atoms with E-state index in [9.17, 15) is 14.7 Å². The predicted octanol–water partition coefficient (Wildman–Crippen LogP) is 3.34. The Morgan fingerprint density at radius 3 is 2.32 bits per heavy atom. The first-order valence-corrected chi connectivity index (χ1v) is 7.80. The van der Waals surface area contributed by atoms with Gasteiger partial charge < -0.3 is 15.2 Å². The molecule has 0 heterocycles. The third-order valence-corrected chi connectivity index (χ3v) is 4.30. The molecule has 5 nitrogen and oxygen atoms in total. The van der Waals surface area contributed by atoms with Crippen LogP contribution in [-0.2, 0) is 16.1 Å². The zero-order chi connectivity index (χ0) is 15.8. The van der Waals surface area contributed by atoms with Gasteiger partial charge in [0.05, 0.1) is 5.41 Å². The number of alkyl carbamates (subject to hydrolysis) is 1. The van der Waals surface area contributed by atoms with Crippen molar-refractivity contribution < 1.29 is 19.4 Å². The summed E-state index contributed by atoms with van der Waals surface area (Å²) in [5.74, 6) is -0.822. The average Bonchev–Trinajstić information content (AvgIpc) is 2.78. The molecule has 1 aromatic carbocycles. The minimum atomic E-state index is -0.845. The van der Waals surface area contributed by atoms with Crippen LogP contribution in [0.3, 0.4) is 0 Å². The fourth-order valence-corrected chi connectivity index (χ4v) is 2.89. The number of carbonyl (C=O) groups excluding carboxylic acids is 1. The zero-order valence-corrected chi connectivity index (χ0v) is 12.7. The molecular weight excluding hydrogens is 282 g/mol. The van der Waals surface area contributed by atoms with Crippen molar-refractivity contribution in [3.8, 4) is 0 Å². The van der Waals surface area contributed by atoms with E-state index in [1.165, 1.54) is 0 Å². The molecule has 0 unspecified atom stereocenters. The number of nitrogens with one attached hydrogen (secondary N) is 1. The highest BCUT2D eigenvalue weighted by atomic mass is 16.5. The maximum atomic E-state index is 11.8. The highest BCUT2D eigenvalue weighted by Crippen LogP contribution is 2.34. The first kappa shape index (κ1) is 16.3. The molecule has 120 valence electrons. The molecule has 0 saturated heterocycles. The molecule has 0 aromatic heterocycles. The molecule has 1 aliphatic carbocycles. The first-order valence-electron chi connectivity index (χ1n) is 7.80. The van der Waals surface area contributed by atoms with Crippen LogP contribution < -0.4 is 5.32 Å². The van der Waals surface area contributed by atoms with E-state index in [4.69, 9.17) is 4.74 Å². The molecular formula is C17H23NO4. The zero-order valence-electron chi connectivity index (χ0n) is 12.7. The number of rotatable bonds is 5. The van der Waals surface area contributed by atoms with Gasteiger partial charge >= 0.3 is 12.1 Å². The van der Waals surface area contributed by atoms with Crippen molar-refractivity contribution in [3.05, 3.63) is 35.9 Å². The number of carboxylic acids is 1. The summed E-state index contributed by atoms with van der Waals surface area (Å²) < 4.78 is 5.13. The second-order valence-electron chi connectivity index (χ2n) is 5.91. The molecule has 1 fully saturated rings. The van der Waals surface area contributed by atoms with Crippen molar-refractivity contribution in [1.82, 2.24) is 5.32 Å². The molecule has 0 aliphatic heterocycles. The summed E-state index contributed by atoms with van der Waals surface area (Å²) in [6.07, 6.45) is 4.58. The van der Waals surface area contributed by atoms with Crippen molar-refractivity contribution in [1.29, 1.82) is 0 Å². The molecule has 0 bridgehead atoms. The molecule has 1 saturated carbocycles. The molecule has 0 spiro atoms. The van der Waals surface area contributed by atoms with Crippen LogP contribution in [-0.4, -0.2) is 23.7 Å². The Morgan fingerprint density at radius 1 is 1.09 bits per heavy atom. The van der Waals surface area contributed by atoms with Gasteiger partial charge in [-0.1, -0.05) is 56.0 Å². The van der Waals surface area contributed by atoms with Crippen molar-refractivity contribution in [2.75, 3.05) is 6.54 Å². The van der Waals surface area contributed by atoms with Crippen LogP contribution in [0, 0.1) is 5.41 Å². The largest absolute Gasteiger partial charge is 0.481 e. The van der Waals surface area contributed by atoms with Crippen molar-refractivity contribution >= 4 is 12.1 Å². The molecule has 5 heteroatoms. The second kappa shape index (κ2) is 7.82. The normalized spacial score (nSPS) is 17.3. The minimum Gasteiger partial charge on any atom is -0.481 e. The number of carboxylic acid groups (broad SMARTS) is 1. The van der Waals surface area contributed by atoms with E-state index in [-0.39, 0.29) is 13.2 Å². The maximum absolute atomic E-state index is 11.8. The number of carbonyl (C=O) groups is 2. The van der Waals surface area contributed by atoms with Gasteiger partial charge in [-0.2, -0.15) is 0 Å². The van der Waals surface area contributed by atoms with E-state index in [1.807, 2.05) is 30.3 Å². The molecule has 0 atom stereocenters. The van der Waals surface area contributed by atoms with Gasteiger partial charge in [-0.3, -0.25) is 4.79 Å². The number of ether oxygens (including phenoxy) is 1. The van der Waals surface area contributed by atoms with Crippen molar-refractivity contribution in [3.63, 3.8) is 0 Å². The lowest BCUT2D eigenvalue weighted by atomic mass is 9.80. The Morgan fingerprint density at radius 2 is 1.73 bits per heavy atom.